The molecule has 1 atom stereocenters. The highest BCUT2D eigenvalue weighted by Gasteiger charge is 2.60. The van der Waals surface area contributed by atoms with Crippen molar-refractivity contribution in [3.05, 3.63) is 42.0 Å². The van der Waals surface area contributed by atoms with Gasteiger partial charge in [-0.15, -0.1) is 0 Å². The summed E-state index contributed by atoms with van der Waals surface area (Å²) in [5, 5.41) is 19.9. The number of carbonyl (C=O) groups is 5. The standard InChI is InChI=1S/C18H16N2O10S/c21-13-5-6-14(22)19(13)18(17(25)26,31(28,29)30)10-9-11-1-3-12(4-2-11)20(27)15(23)7-8-16(20)24/h1-4,7-8,27H,5-6,9-10H2,(H-,25,26,28,29,30)/p+1. The third kappa shape index (κ3) is 3.37. The molecule has 0 saturated carbocycles. The van der Waals surface area contributed by atoms with Crippen LogP contribution in [0.15, 0.2) is 36.4 Å². The molecule has 1 saturated heterocycles. The van der Waals surface area contributed by atoms with Gasteiger partial charge in [-0.05, 0) is 16.6 Å². The maximum Gasteiger partial charge on any atom is 0.384 e. The molecule has 0 aromatic heterocycles. The average molecular weight is 453 g/mol. The van der Waals surface area contributed by atoms with Crippen molar-refractivity contribution in [3.8, 4) is 0 Å². The summed E-state index contributed by atoms with van der Waals surface area (Å²) in [5.41, 5.74) is 0.184. The van der Waals surface area contributed by atoms with Crippen LogP contribution in [-0.2, 0) is 40.5 Å². The van der Waals surface area contributed by atoms with E-state index in [1.54, 1.807) is 0 Å². The van der Waals surface area contributed by atoms with Crippen LogP contribution in [0.1, 0.15) is 24.8 Å². The zero-order valence-electron chi connectivity index (χ0n) is 15.8. The fraction of sp³-hybridized carbons (Fsp3) is 0.278. The Bertz CT molecular complexity index is 1100. The molecule has 12 nitrogen and oxygen atoms in total. The van der Waals surface area contributed by atoms with Crippen LogP contribution >= 0.6 is 0 Å². The maximum absolute atomic E-state index is 12.0. The van der Waals surface area contributed by atoms with Crippen molar-refractivity contribution < 1.29 is 47.3 Å². The number of rotatable bonds is 7. The third-order valence-electron chi connectivity index (χ3n) is 5.24. The Labute approximate surface area is 175 Å². The molecular formula is C18H17N2O10S+. The van der Waals surface area contributed by atoms with Gasteiger partial charge in [0.15, 0.2) is 5.69 Å². The van der Waals surface area contributed by atoms with Gasteiger partial charge in [0, 0.05) is 31.4 Å². The summed E-state index contributed by atoms with van der Waals surface area (Å²) in [6.45, 7) is 0. The van der Waals surface area contributed by atoms with E-state index in [4.69, 9.17) is 0 Å². The number of carbonyl (C=O) groups excluding carboxylic acids is 4. The lowest BCUT2D eigenvalue weighted by Crippen LogP contribution is -2.61. The van der Waals surface area contributed by atoms with Gasteiger partial charge >= 0.3 is 27.9 Å². The molecular weight excluding hydrogens is 436 g/mol. The predicted molar refractivity (Wildman–Crippen MR) is 100 cm³/mol. The summed E-state index contributed by atoms with van der Waals surface area (Å²) >= 11 is 0. The molecule has 3 N–H and O–H groups in total. The molecule has 1 unspecified atom stereocenters. The molecule has 4 amide bonds. The number of nitrogens with zero attached hydrogens (tertiary/aromatic N) is 2. The molecule has 13 heteroatoms. The van der Waals surface area contributed by atoms with Crippen molar-refractivity contribution in [2.75, 3.05) is 0 Å². The largest absolute Gasteiger partial charge is 0.479 e. The van der Waals surface area contributed by atoms with E-state index < -0.39 is 55.7 Å². The minimum atomic E-state index is -5.45. The van der Waals surface area contributed by atoms with Crippen LogP contribution in [0.4, 0.5) is 5.69 Å². The molecule has 0 spiro atoms. The summed E-state index contributed by atoms with van der Waals surface area (Å²) in [6, 6.07) is 5.02. The number of hydrogen-bond donors (Lipinski definition) is 3. The quantitative estimate of drug-likeness (QED) is 0.215. The second-order valence-corrected chi connectivity index (χ2v) is 8.62. The summed E-state index contributed by atoms with van der Waals surface area (Å²) < 4.78 is 32.2. The van der Waals surface area contributed by atoms with Gasteiger partial charge in [-0.3, -0.25) is 14.1 Å². The number of benzene rings is 1. The first-order valence-electron chi connectivity index (χ1n) is 8.90. The number of quaternary nitrogens is 1. The van der Waals surface area contributed by atoms with E-state index >= 15 is 0 Å². The number of aryl methyl sites for hydroxylation is 1. The maximum atomic E-state index is 12.0. The number of carboxylic acid groups (broad SMARTS) is 1. The second kappa shape index (κ2) is 7.46. The molecule has 31 heavy (non-hydrogen) atoms. The zero-order valence-corrected chi connectivity index (χ0v) is 16.6. The van der Waals surface area contributed by atoms with E-state index in [-0.39, 0.29) is 35.4 Å². The van der Waals surface area contributed by atoms with Crippen molar-refractivity contribution >= 4 is 45.4 Å². The van der Waals surface area contributed by atoms with Crippen LogP contribution in [-0.4, -0.2) is 62.7 Å². The Morgan fingerprint density at radius 3 is 1.90 bits per heavy atom. The van der Waals surface area contributed by atoms with E-state index in [9.17, 15) is 47.3 Å². The minimum absolute atomic E-state index is 0.0696. The fourth-order valence-corrected chi connectivity index (χ4v) is 4.58. The molecule has 0 aliphatic carbocycles. The monoisotopic (exact) mass is 453 g/mol. The number of likely N-dealkylation sites (tertiary alicyclic amines) is 1. The van der Waals surface area contributed by atoms with Crippen LogP contribution < -0.4 is 4.65 Å². The predicted octanol–water partition coefficient (Wildman–Crippen LogP) is -0.244. The molecule has 2 aliphatic heterocycles. The highest BCUT2D eigenvalue weighted by atomic mass is 32.2. The topological polar surface area (TPSA) is 183 Å². The smallest absolute Gasteiger partial charge is 0.384 e. The molecule has 2 heterocycles. The summed E-state index contributed by atoms with van der Waals surface area (Å²) in [4.78, 5) is 56.5. The summed E-state index contributed by atoms with van der Waals surface area (Å²) in [6.07, 6.45) is -0.123. The van der Waals surface area contributed by atoms with Crippen LogP contribution in [0.25, 0.3) is 0 Å². The first-order valence-corrected chi connectivity index (χ1v) is 10.3. The molecule has 3 rings (SSSR count). The van der Waals surface area contributed by atoms with E-state index in [0.29, 0.717) is 0 Å². The van der Waals surface area contributed by atoms with Crippen LogP contribution in [0.5, 0.6) is 0 Å². The van der Waals surface area contributed by atoms with Crippen molar-refractivity contribution in [1.29, 1.82) is 0 Å². The van der Waals surface area contributed by atoms with Crippen molar-refractivity contribution in [1.82, 2.24) is 9.55 Å². The average Bonchev–Trinajstić information content (AvgIpc) is 3.16. The Balaban J connectivity index is 1.92. The van der Waals surface area contributed by atoms with E-state index in [1.807, 2.05) is 0 Å². The number of amides is 4. The van der Waals surface area contributed by atoms with E-state index in [1.165, 1.54) is 24.3 Å². The SMILES string of the molecule is O=C1CCC(=O)N1C(CCc1ccc([N+]2(O)C(=O)C=CC2=O)cc1)(C(=O)O)S(=O)(=O)O. The number of imide groups is 2. The number of aliphatic carboxylic acids is 1. The Morgan fingerprint density at radius 2 is 1.48 bits per heavy atom. The van der Waals surface area contributed by atoms with E-state index in [2.05, 4.69) is 0 Å². The Morgan fingerprint density at radius 1 is 1.00 bits per heavy atom. The minimum Gasteiger partial charge on any atom is -0.479 e. The number of carboxylic acids is 1. The molecule has 1 aromatic carbocycles. The zero-order chi connectivity index (χ0) is 23.2. The highest BCUT2D eigenvalue weighted by molar-refractivity contribution is 7.88. The van der Waals surface area contributed by atoms with Crippen LogP contribution in [0, 0.1) is 0 Å². The van der Waals surface area contributed by atoms with Gasteiger partial charge in [0.25, 0.3) is 4.87 Å². The third-order valence-corrected chi connectivity index (χ3v) is 6.66. The summed E-state index contributed by atoms with van der Waals surface area (Å²) in [5.74, 6) is -5.94. The first kappa shape index (κ1) is 22.4. The Kier molecular flexibility index (Phi) is 5.40. The molecule has 0 bridgehead atoms. The lowest BCUT2D eigenvalue weighted by Gasteiger charge is -2.33. The first-order chi connectivity index (χ1) is 14.4. The molecule has 1 aromatic rings. The van der Waals surface area contributed by atoms with Crippen molar-refractivity contribution in [2.24, 2.45) is 0 Å². The van der Waals surface area contributed by atoms with Gasteiger partial charge in [0.1, 0.15) is 0 Å². The van der Waals surface area contributed by atoms with Gasteiger partial charge < -0.3 is 5.11 Å². The van der Waals surface area contributed by atoms with Crippen molar-refractivity contribution in [3.63, 3.8) is 0 Å². The lowest BCUT2D eigenvalue weighted by atomic mass is 10.0. The van der Waals surface area contributed by atoms with Crippen LogP contribution in [0.3, 0.4) is 0 Å². The van der Waals surface area contributed by atoms with Gasteiger partial charge in [0.2, 0.25) is 11.8 Å². The van der Waals surface area contributed by atoms with Crippen molar-refractivity contribution in [2.45, 2.75) is 30.6 Å². The molecule has 0 radical (unpaired) electrons. The van der Waals surface area contributed by atoms with Gasteiger partial charge in [-0.1, -0.05) is 12.1 Å². The molecule has 164 valence electrons. The molecule has 2 aliphatic rings. The summed E-state index contributed by atoms with van der Waals surface area (Å²) in [7, 11) is -5.45. The Hall–Kier alpha value is -3.26. The van der Waals surface area contributed by atoms with E-state index in [0.717, 1.165) is 12.2 Å². The van der Waals surface area contributed by atoms with Gasteiger partial charge in [0.05, 0.1) is 12.2 Å². The van der Waals surface area contributed by atoms with Gasteiger partial charge in [-0.25, -0.2) is 19.3 Å². The van der Waals surface area contributed by atoms with Gasteiger partial charge in [-0.2, -0.15) is 13.6 Å². The lowest BCUT2D eigenvalue weighted by molar-refractivity contribution is -0.166. The normalized spacial score (nSPS) is 20.4. The molecule has 1 fully saturated rings. The highest BCUT2D eigenvalue weighted by Crippen LogP contribution is 2.34. The van der Waals surface area contributed by atoms with Crippen LogP contribution in [0.2, 0.25) is 0 Å². The fourth-order valence-electron chi connectivity index (χ4n) is 3.56. The number of hydroxylamine groups is 2. The second-order valence-electron chi connectivity index (χ2n) is 7.00. The number of hydrogen-bond acceptors (Lipinski definition) is 8.